The SMILES string of the molecule is CN1CCC(c2n[nH]c(=O)s2)CC1.Cc1cc(CNc2ccc(C(N)=O)cc2)c2ccccc2n1. The highest BCUT2D eigenvalue weighted by Crippen LogP contribution is 2.26. The maximum Gasteiger partial charge on any atom is 0.322 e. The summed E-state index contributed by atoms with van der Waals surface area (Å²) in [7, 11) is 2.13. The van der Waals surface area contributed by atoms with Crippen molar-refractivity contribution in [3.05, 3.63) is 86.1 Å². The van der Waals surface area contributed by atoms with Crippen molar-refractivity contribution in [3.63, 3.8) is 0 Å². The van der Waals surface area contributed by atoms with Crippen LogP contribution in [0.15, 0.2) is 59.4 Å². The zero-order valence-corrected chi connectivity index (χ0v) is 20.8. The second-order valence-electron chi connectivity index (χ2n) is 8.76. The third-order valence-electron chi connectivity index (χ3n) is 6.10. The summed E-state index contributed by atoms with van der Waals surface area (Å²) in [6, 6.07) is 17.4. The van der Waals surface area contributed by atoms with Crippen molar-refractivity contribution >= 4 is 33.8 Å². The molecule has 1 aliphatic heterocycles. The number of H-pyrrole nitrogens is 1. The normalized spacial score (nSPS) is 14.3. The van der Waals surface area contributed by atoms with Crippen LogP contribution in [0.1, 0.15) is 45.4 Å². The number of carbonyl (C=O) groups is 1. The summed E-state index contributed by atoms with van der Waals surface area (Å²) in [5.74, 6) is 0.0856. The Kier molecular flexibility index (Phi) is 7.89. The second-order valence-corrected chi connectivity index (χ2v) is 9.76. The van der Waals surface area contributed by atoms with E-state index in [1.807, 2.05) is 37.3 Å². The molecule has 2 aromatic heterocycles. The fourth-order valence-corrected chi connectivity index (χ4v) is 4.94. The third-order valence-corrected chi connectivity index (χ3v) is 7.02. The Balaban J connectivity index is 0.000000189. The van der Waals surface area contributed by atoms with Crippen LogP contribution < -0.4 is 15.9 Å². The minimum Gasteiger partial charge on any atom is -0.381 e. The average molecular weight is 491 g/mol. The second kappa shape index (κ2) is 11.2. The van der Waals surface area contributed by atoms with E-state index in [0.29, 0.717) is 18.0 Å². The van der Waals surface area contributed by atoms with Crippen molar-refractivity contribution in [1.82, 2.24) is 20.1 Å². The number of carbonyl (C=O) groups excluding carboxylic acids is 1. The molecular weight excluding hydrogens is 460 g/mol. The predicted octanol–water partition coefficient (Wildman–Crippen LogP) is 3.89. The smallest absolute Gasteiger partial charge is 0.322 e. The van der Waals surface area contributed by atoms with E-state index in [0.717, 1.165) is 53.2 Å². The fraction of sp³-hybridized carbons (Fsp3) is 0.308. The van der Waals surface area contributed by atoms with Crippen LogP contribution in [0.4, 0.5) is 5.69 Å². The molecular formula is C26H30N6O2S. The van der Waals surface area contributed by atoms with Crippen LogP contribution in [0.5, 0.6) is 0 Å². The van der Waals surface area contributed by atoms with Gasteiger partial charge in [0.25, 0.3) is 0 Å². The molecule has 4 N–H and O–H groups in total. The summed E-state index contributed by atoms with van der Waals surface area (Å²) in [5.41, 5.74) is 9.90. The first-order chi connectivity index (χ1) is 16.9. The van der Waals surface area contributed by atoms with Gasteiger partial charge in [-0.3, -0.25) is 14.6 Å². The highest BCUT2D eigenvalue weighted by Gasteiger charge is 2.21. The summed E-state index contributed by atoms with van der Waals surface area (Å²) in [5, 5.41) is 12.0. The number of pyridine rings is 1. The number of para-hydroxylation sites is 1. The first kappa shape index (κ1) is 24.6. The summed E-state index contributed by atoms with van der Waals surface area (Å²) >= 11 is 1.25. The number of anilines is 1. The molecule has 2 aromatic carbocycles. The van der Waals surface area contributed by atoms with Crippen molar-refractivity contribution in [1.29, 1.82) is 0 Å². The first-order valence-corrected chi connectivity index (χ1v) is 12.4. The largest absolute Gasteiger partial charge is 0.381 e. The Morgan fingerprint density at radius 2 is 1.89 bits per heavy atom. The van der Waals surface area contributed by atoms with Crippen LogP contribution in [0.3, 0.4) is 0 Å². The van der Waals surface area contributed by atoms with Gasteiger partial charge in [-0.2, -0.15) is 5.10 Å². The maximum atomic E-state index is 11.1. The Labute approximate surface area is 208 Å². The van der Waals surface area contributed by atoms with Gasteiger partial charge in [0.1, 0.15) is 5.01 Å². The van der Waals surface area contributed by atoms with E-state index in [9.17, 15) is 9.59 Å². The van der Waals surface area contributed by atoms with Gasteiger partial charge >= 0.3 is 4.87 Å². The van der Waals surface area contributed by atoms with Crippen LogP contribution in [0.2, 0.25) is 0 Å². The number of fused-ring (bicyclic) bond motifs is 1. The van der Waals surface area contributed by atoms with Crippen LogP contribution >= 0.6 is 11.3 Å². The number of piperidine rings is 1. The molecule has 4 aromatic rings. The Morgan fingerprint density at radius 3 is 2.54 bits per heavy atom. The summed E-state index contributed by atoms with van der Waals surface area (Å²) in [6.07, 6.45) is 2.24. The van der Waals surface area contributed by atoms with E-state index >= 15 is 0 Å². The minimum atomic E-state index is -0.415. The standard InChI is InChI=1S/C18H17N3O.C8H13N3OS/c1-12-10-14(16-4-2-3-5-17(16)21-12)11-20-15-8-6-13(7-9-15)18(19)22;1-11-4-2-6(3-5-11)7-9-10-8(12)13-7/h2-10,20H,11H2,1H3,(H2,19,22);6H,2-5H2,1H3,(H,10,12). The zero-order chi connectivity index (χ0) is 24.8. The molecule has 0 spiro atoms. The lowest BCUT2D eigenvalue weighted by molar-refractivity contribution is 0.100. The molecule has 35 heavy (non-hydrogen) atoms. The number of benzene rings is 2. The molecule has 5 rings (SSSR count). The maximum absolute atomic E-state index is 11.1. The summed E-state index contributed by atoms with van der Waals surface area (Å²) < 4.78 is 0. The summed E-state index contributed by atoms with van der Waals surface area (Å²) in [4.78, 5) is 28.8. The van der Waals surface area contributed by atoms with Crippen LogP contribution in [0, 0.1) is 6.92 Å². The Morgan fingerprint density at radius 1 is 1.17 bits per heavy atom. The van der Waals surface area contributed by atoms with Crippen molar-refractivity contribution in [2.75, 3.05) is 25.5 Å². The van der Waals surface area contributed by atoms with Gasteiger partial charge in [0.05, 0.1) is 5.52 Å². The van der Waals surface area contributed by atoms with Crippen LogP contribution in [0.25, 0.3) is 10.9 Å². The van der Waals surface area contributed by atoms with Gasteiger partial charge in [-0.15, -0.1) is 0 Å². The van der Waals surface area contributed by atoms with Gasteiger partial charge in [0, 0.05) is 34.8 Å². The van der Waals surface area contributed by atoms with Gasteiger partial charge < -0.3 is 16.0 Å². The Hall–Kier alpha value is -3.56. The molecule has 0 bridgehead atoms. The van der Waals surface area contributed by atoms with Crippen molar-refractivity contribution < 1.29 is 4.79 Å². The van der Waals surface area contributed by atoms with Crippen molar-refractivity contribution in [2.24, 2.45) is 5.73 Å². The summed E-state index contributed by atoms with van der Waals surface area (Å²) in [6.45, 7) is 4.91. The topological polar surface area (TPSA) is 117 Å². The molecule has 1 fully saturated rings. The van der Waals surface area contributed by atoms with Crippen LogP contribution in [-0.2, 0) is 6.54 Å². The first-order valence-electron chi connectivity index (χ1n) is 11.6. The number of rotatable bonds is 5. The molecule has 1 saturated heterocycles. The number of nitrogens with one attached hydrogen (secondary N) is 2. The number of aromatic amines is 1. The lowest BCUT2D eigenvalue weighted by atomic mass is 9.98. The van der Waals surface area contributed by atoms with E-state index in [4.69, 9.17) is 5.73 Å². The zero-order valence-electron chi connectivity index (χ0n) is 20.0. The average Bonchev–Trinajstić information content (AvgIpc) is 3.29. The quantitative estimate of drug-likeness (QED) is 0.391. The molecule has 182 valence electrons. The molecule has 8 nitrogen and oxygen atoms in total. The molecule has 0 unspecified atom stereocenters. The number of likely N-dealkylation sites (tertiary alicyclic amines) is 1. The van der Waals surface area contributed by atoms with Crippen molar-refractivity contribution in [2.45, 2.75) is 32.2 Å². The van der Waals surface area contributed by atoms with E-state index < -0.39 is 5.91 Å². The number of nitrogens with zero attached hydrogens (tertiary/aromatic N) is 3. The number of aromatic nitrogens is 3. The third kappa shape index (κ3) is 6.52. The molecule has 0 saturated carbocycles. The minimum absolute atomic E-state index is 0.0334. The lowest BCUT2D eigenvalue weighted by Crippen LogP contribution is -2.29. The molecule has 1 amide bonds. The van der Waals surface area contributed by atoms with Gasteiger partial charge in [0.2, 0.25) is 5.91 Å². The molecule has 9 heteroatoms. The van der Waals surface area contributed by atoms with Gasteiger partial charge in [-0.05, 0) is 81.9 Å². The van der Waals surface area contributed by atoms with E-state index in [2.05, 4.69) is 44.6 Å². The van der Waals surface area contributed by atoms with Gasteiger partial charge in [-0.25, -0.2) is 5.10 Å². The van der Waals surface area contributed by atoms with E-state index in [-0.39, 0.29) is 4.87 Å². The fourth-order valence-electron chi connectivity index (χ4n) is 4.16. The van der Waals surface area contributed by atoms with Crippen molar-refractivity contribution in [3.8, 4) is 0 Å². The van der Waals surface area contributed by atoms with Crippen LogP contribution in [-0.4, -0.2) is 46.1 Å². The highest BCUT2D eigenvalue weighted by atomic mass is 32.1. The Bertz CT molecular complexity index is 1340. The molecule has 1 aliphatic rings. The number of aryl methyl sites for hydroxylation is 1. The van der Waals surface area contributed by atoms with E-state index in [1.165, 1.54) is 16.9 Å². The number of hydrogen-bond acceptors (Lipinski definition) is 7. The molecule has 0 atom stereocenters. The number of hydrogen-bond donors (Lipinski definition) is 3. The number of nitrogens with two attached hydrogens (primary N) is 1. The monoisotopic (exact) mass is 490 g/mol. The number of primary amides is 1. The number of amides is 1. The highest BCUT2D eigenvalue weighted by molar-refractivity contribution is 7.08. The van der Waals surface area contributed by atoms with E-state index in [1.54, 1.807) is 12.1 Å². The van der Waals surface area contributed by atoms with Gasteiger partial charge in [-0.1, -0.05) is 29.5 Å². The predicted molar refractivity (Wildman–Crippen MR) is 141 cm³/mol. The molecule has 0 aliphatic carbocycles. The molecule has 3 heterocycles. The lowest BCUT2D eigenvalue weighted by Gasteiger charge is -2.27. The molecule has 0 radical (unpaired) electrons. The van der Waals surface area contributed by atoms with Gasteiger partial charge in [0.15, 0.2) is 0 Å².